The molecule has 0 aliphatic carbocycles. The zero-order chi connectivity index (χ0) is 12.5. The molecule has 2 nitrogen and oxygen atoms in total. The zero-order valence-electron chi connectivity index (χ0n) is 11.1. The molecule has 0 amide bonds. The van der Waals surface area contributed by atoms with Gasteiger partial charge in [-0.05, 0) is 49.1 Å². The van der Waals surface area contributed by atoms with Gasteiger partial charge in [-0.1, -0.05) is 0 Å². The van der Waals surface area contributed by atoms with Crippen LogP contribution in [0.4, 0.5) is 0 Å². The van der Waals surface area contributed by atoms with Crippen LogP contribution in [0.3, 0.4) is 0 Å². The van der Waals surface area contributed by atoms with Crippen LogP contribution in [-0.4, -0.2) is 12.1 Å². The number of aliphatic hydroxyl groups is 1. The molecule has 2 heteroatoms. The predicted octanol–water partition coefficient (Wildman–Crippen LogP) is 2.11. The van der Waals surface area contributed by atoms with Crippen LogP contribution in [0.2, 0.25) is 0 Å². The van der Waals surface area contributed by atoms with Gasteiger partial charge in [0.05, 0.1) is 17.8 Å². The zero-order valence-corrected chi connectivity index (χ0v) is 8.14. The van der Waals surface area contributed by atoms with E-state index >= 15 is 0 Å². The Bertz CT molecular complexity index is 397. The predicted molar refractivity (Wildman–Crippen MR) is 53.1 cm³/mol. The number of hydrogen-bond donors (Lipinski definition) is 1. The summed E-state index contributed by atoms with van der Waals surface area (Å²) in [6.45, 7) is 5.41. The monoisotopic (exact) mass is 183 g/mol. The van der Waals surface area contributed by atoms with Gasteiger partial charge in [0.25, 0.3) is 0 Å². The van der Waals surface area contributed by atoms with Crippen molar-refractivity contribution in [3.05, 3.63) is 28.3 Å². The fourth-order valence-electron chi connectivity index (χ4n) is 1.45. The minimum atomic E-state index is -2.44. The molecule has 13 heavy (non-hydrogen) atoms. The second-order valence-electron chi connectivity index (χ2n) is 3.18. The largest absolute Gasteiger partial charge is 0.496 e. The minimum absolute atomic E-state index is 0.0491. The second kappa shape index (κ2) is 3.79. The number of ether oxygens (including phenoxy) is 1. The Hall–Kier alpha value is -1.02. The summed E-state index contributed by atoms with van der Waals surface area (Å²) in [4.78, 5) is 0. The Morgan fingerprint density at radius 1 is 1.38 bits per heavy atom. The highest BCUT2D eigenvalue weighted by Crippen LogP contribution is 2.27. The van der Waals surface area contributed by atoms with Crippen molar-refractivity contribution in [1.29, 1.82) is 0 Å². The molecule has 0 bridgehead atoms. The van der Waals surface area contributed by atoms with Gasteiger partial charge in [-0.25, -0.2) is 0 Å². The molecule has 0 aliphatic heterocycles. The van der Waals surface area contributed by atoms with E-state index in [0.29, 0.717) is 5.75 Å². The van der Waals surface area contributed by atoms with Crippen LogP contribution in [0.5, 0.6) is 5.75 Å². The summed E-state index contributed by atoms with van der Waals surface area (Å²) in [7, 11) is -2.44. The molecular formula is C11H16O2. The van der Waals surface area contributed by atoms with Gasteiger partial charge in [-0.2, -0.15) is 0 Å². The van der Waals surface area contributed by atoms with Crippen LogP contribution in [-0.2, 0) is 6.61 Å². The quantitative estimate of drug-likeness (QED) is 0.761. The van der Waals surface area contributed by atoms with Crippen molar-refractivity contribution in [3.63, 3.8) is 0 Å². The summed E-state index contributed by atoms with van der Waals surface area (Å²) in [6, 6.07) is 1.65. The maximum Gasteiger partial charge on any atom is 0.122 e. The van der Waals surface area contributed by atoms with Gasteiger partial charge < -0.3 is 9.84 Å². The maximum absolute atomic E-state index is 9.20. The number of methoxy groups -OCH3 is 1. The first-order valence-corrected chi connectivity index (χ1v) is 4.16. The first-order valence-electron chi connectivity index (χ1n) is 5.66. The van der Waals surface area contributed by atoms with Gasteiger partial charge in [-0.15, -0.1) is 0 Å². The van der Waals surface area contributed by atoms with E-state index in [1.54, 1.807) is 13.0 Å². The standard InChI is InChI=1S/C11H16O2/c1-7-5-11(13-4)9(3)8(2)10(7)6-12/h5,12H,6H2,1-4H3/i4D3. The normalized spacial score (nSPS) is 14.6. The first kappa shape index (κ1) is 6.44. The molecule has 0 aliphatic rings. The molecule has 0 saturated carbocycles. The molecular weight excluding hydrogens is 164 g/mol. The second-order valence-corrected chi connectivity index (χ2v) is 3.18. The summed E-state index contributed by atoms with van der Waals surface area (Å²) < 4.78 is 26.1. The van der Waals surface area contributed by atoms with Gasteiger partial charge in [0.1, 0.15) is 5.75 Å². The molecule has 0 fully saturated rings. The molecule has 0 spiro atoms. The first-order chi connectivity index (χ1) is 7.26. The van der Waals surface area contributed by atoms with Crippen molar-refractivity contribution in [2.24, 2.45) is 0 Å². The van der Waals surface area contributed by atoms with E-state index in [0.717, 1.165) is 22.3 Å². The van der Waals surface area contributed by atoms with Gasteiger partial charge in [0, 0.05) is 0 Å². The van der Waals surface area contributed by atoms with Gasteiger partial charge >= 0.3 is 0 Å². The summed E-state index contributed by atoms with van der Waals surface area (Å²) in [6.07, 6.45) is 0. The van der Waals surface area contributed by atoms with Crippen LogP contribution in [0.15, 0.2) is 6.07 Å². The van der Waals surface area contributed by atoms with E-state index in [-0.39, 0.29) is 6.61 Å². The highest BCUT2D eigenvalue weighted by atomic mass is 16.5. The van der Waals surface area contributed by atoms with Crippen molar-refractivity contribution < 1.29 is 14.0 Å². The molecule has 0 unspecified atom stereocenters. The Morgan fingerprint density at radius 3 is 2.62 bits per heavy atom. The maximum atomic E-state index is 9.20. The Labute approximate surface area is 83.4 Å². The molecule has 0 radical (unpaired) electrons. The lowest BCUT2D eigenvalue weighted by molar-refractivity contribution is 0.280. The van der Waals surface area contributed by atoms with Crippen molar-refractivity contribution >= 4 is 0 Å². The molecule has 1 rings (SSSR count). The molecule has 1 aromatic carbocycles. The highest BCUT2D eigenvalue weighted by Gasteiger charge is 2.08. The Balaban J connectivity index is 3.23. The third-order valence-corrected chi connectivity index (χ3v) is 2.48. The van der Waals surface area contributed by atoms with Crippen LogP contribution < -0.4 is 4.74 Å². The summed E-state index contributed by atoms with van der Waals surface area (Å²) in [5, 5.41) is 9.20. The SMILES string of the molecule is [2H]C([2H])([2H])Oc1cc(C)c(CO)c(C)c1C. The third-order valence-electron chi connectivity index (χ3n) is 2.48. The molecule has 0 saturated heterocycles. The average molecular weight is 183 g/mol. The highest BCUT2D eigenvalue weighted by molar-refractivity contribution is 5.47. The smallest absolute Gasteiger partial charge is 0.122 e. The van der Waals surface area contributed by atoms with Crippen molar-refractivity contribution in [1.82, 2.24) is 0 Å². The van der Waals surface area contributed by atoms with E-state index in [1.807, 2.05) is 13.8 Å². The van der Waals surface area contributed by atoms with Crippen molar-refractivity contribution in [3.8, 4) is 5.75 Å². The number of aryl methyl sites for hydroxylation is 1. The van der Waals surface area contributed by atoms with Gasteiger partial charge in [0.15, 0.2) is 0 Å². The van der Waals surface area contributed by atoms with Gasteiger partial charge in [0.2, 0.25) is 0 Å². The molecule has 0 atom stereocenters. The van der Waals surface area contributed by atoms with Crippen LogP contribution in [0, 0.1) is 20.8 Å². The third kappa shape index (κ3) is 1.68. The van der Waals surface area contributed by atoms with E-state index in [1.165, 1.54) is 0 Å². The fraction of sp³-hybridized carbons (Fsp3) is 0.455. The Morgan fingerprint density at radius 2 is 2.08 bits per heavy atom. The van der Waals surface area contributed by atoms with E-state index in [2.05, 4.69) is 0 Å². The van der Waals surface area contributed by atoms with Gasteiger partial charge in [-0.3, -0.25) is 0 Å². The van der Waals surface area contributed by atoms with E-state index < -0.39 is 7.04 Å². The van der Waals surface area contributed by atoms with E-state index in [4.69, 9.17) is 8.85 Å². The lowest BCUT2D eigenvalue weighted by atomic mass is 9.98. The summed E-state index contributed by atoms with van der Waals surface area (Å²) in [5.41, 5.74) is 3.30. The number of hydrogen-bond acceptors (Lipinski definition) is 2. The van der Waals surface area contributed by atoms with Crippen LogP contribution in [0.25, 0.3) is 0 Å². The molecule has 1 aromatic rings. The summed E-state index contributed by atoms with van der Waals surface area (Å²) in [5.74, 6) is 0.354. The molecule has 0 heterocycles. The topological polar surface area (TPSA) is 29.5 Å². The summed E-state index contributed by atoms with van der Waals surface area (Å²) >= 11 is 0. The van der Waals surface area contributed by atoms with Crippen molar-refractivity contribution in [2.75, 3.05) is 7.04 Å². The number of rotatable bonds is 2. The number of benzene rings is 1. The molecule has 0 aromatic heterocycles. The fourth-order valence-corrected chi connectivity index (χ4v) is 1.45. The Kier molecular flexibility index (Phi) is 1.88. The minimum Gasteiger partial charge on any atom is -0.496 e. The van der Waals surface area contributed by atoms with Crippen LogP contribution >= 0.6 is 0 Å². The van der Waals surface area contributed by atoms with Crippen molar-refractivity contribution in [2.45, 2.75) is 27.4 Å². The molecule has 72 valence electrons. The van der Waals surface area contributed by atoms with E-state index in [9.17, 15) is 5.11 Å². The molecule has 1 N–H and O–H groups in total. The van der Waals surface area contributed by atoms with Crippen LogP contribution in [0.1, 0.15) is 26.4 Å². The number of aliphatic hydroxyl groups excluding tert-OH is 1. The average Bonchev–Trinajstić information content (AvgIpc) is 2.12. The lowest BCUT2D eigenvalue weighted by Crippen LogP contribution is -1.99. The lowest BCUT2D eigenvalue weighted by Gasteiger charge is -2.13.